The molecule has 8 heteroatoms. The van der Waals surface area contributed by atoms with Crippen molar-refractivity contribution in [1.29, 1.82) is 0 Å². The molecule has 3 aromatic carbocycles. The maximum Gasteiger partial charge on any atom is 0.319 e. The van der Waals surface area contributed by atoms with E-state index < -0.39 is 16.4 Å². The molecule has 6 nitrogen and oxygen atoms in total. The highest BCUT2D eigenvalue weighted by molar-refractivity contribution is 7.62. The summed E-state index contributed by atoms with van der Waals surface area (Å²) in [6.45, 7) is 4.44. The molecule has 1 heterocycles. The van der Waals surface area contributed by atoms with E-state index in [4.69, 9.17) is 11.6 Å². The quantitative estimate of drug-likeness (QED) is 0.551. The number of carbonyl (C=O) groups is 1. The van der Waals surface area contributed by atoms with Crippen molar-refractivity contribution in [2.45, 2.75) is 6.54 Å². The van der Waals surface area contributed by atoms with Gasteiger partial charge >= 0.3 is 10.5 Å². The highest BCUT2D eigenvalue weighted by Gasteiger charge is 2.19. The number of carbonyl (C=O) groups excluding carboxylic acids is 1. The smallest absolute Gasteiger partial charge is 0.319 e. The van der Waals surface area contributed by atoms with Gasteiger partial charge in [0.15, 0.2) is 0 Å². The Labute approximate surface area is 193 Å². The van der Waals surface area contributed by atoms with Crippen molar-refractivity contribution >= 4 is 33.7 Å². The summed E-state index contributed by atoms with van der Waals surface area (Å²) in [4.78, 5) is 16.4. The molecule has 1 aliphatic rings. The monoisotopic (exact) mass is 467 g/mol. The fraction of sp³-hybridized carbons (Fsp3) is 0.208. The van der Waals surface area contributed by atoms with Crippen LogP contribution in [0, 0.1) is 0 Å². The van der Waals surface area contributed by atoms with Crippen molar-refractivity contribution in [1.82, 2.24) is 4.90 Å². The summed E-state index contributed by atoms with van der Waals surface area (Å²) in [5.74, 6) is -0.756. The Morgan fingerprint density at radius 2 is 1.53 bits per heavy atom. The van der Waals surface area contributed by atoms with E-state index in [1.807, 2.05) is 24.3 Å². The Morgan fingerprint density at radius 1 is 0.875 bits per heavy atom. The van der Waals surface area contributed by atoms with Gasteiger partial charge in [0.25, 0.3) is 5.91 Å². The minimum atomic E-state index is -2.74. The number of anilines is 1. The third-order valence-corrected chi connectivity index (χ3v) is 6.14. The molecule has 1 amide bonds. The molecule has 0 unspecified atom stereocenters. The molecule has 0 N–H and O–H groups in total. The van der Waals surface area contributed by atoms with E-state index in [2.05, 4.69) is 50.6 Å². The van der Waals surface area contributed by atoms with Crippen LogP contribution < -0.4 is 4.90 Å². The molecule has 0 aromatic heterocycles. The first-order valence-corrected chi connectivity index (χ1v) is 11.7. The second-order valence-corrected chi connectivity index (χ2v) is 8.64. The lowest BCUT2D eigenvalue weighted by molar-refractivity contribution is 0.100. The molecule has 1 saturated heterocycles. The van der Waals surface area contributed by atoms with Crippen LogP contribution in [0.1, 0.15) is 15.9 Å². The predicted octanol–water partition coefficient (Wildman–Crippen LogP) is 4.53. The molecule has 0 saturated carbocycles. The van der Waals surface area contributed by atoms with E-state index in [1.54, 1.807) is 12.1 Å². The molecule has 1 aliphatic heterocycles. The van der Waals surface area contributed by atoms with Gasteiger partial charge in [0, 0.05) is 49.0 Å². The lowest BCUT2D eigenvalue weighted by Gasteiger charge is -2.36. The van der Waals surface area contributed by atoms with E-state index in [0.717, 1.165) is 49.0 Å². The van der Waals surface area contributed by atoms with Crippen molar-refractivity contribution in [3.63, 3.8) is 0 Å². The average molecular weight is 468 g/mol. The number of hydrogen-bond donors (Lipinski definition) is 0. The summed E-state index contributed by atoms with van der Waals surface area (Å²) in [6.07, 6.45) is 0. The number of hydrogen-bond acceptors (Lipinski definition) is 5. The van der Waals surface area contributed by atoms with Gasteiger partial charge < -0.3 is 4.90 Å². The van der Waals surface area contributed by atoms with Gasteiger partial charge in [0.1, 0.15) is 0 Å². The molecule has 164 valence electrons. The summed E-state index contributed by atoms with van der Waals surface area (Å²) in [5, 5.41) is 0.731. The van der Waals surface area contributed by atoms with Gasteiger partial charge in [0.05, 0.1) is 0 Å². The zero-order valence-corrected chi connectivity index (χ0v) is 18.9. The van der Waals surface area contributed by atoms with Crippen LogP contribution in [-0.4, -0.2) is 45.4 Å². The summed E-state index contributed by atoms with van der Waals surface area (Å²) < 4.78 is 24.2. The van der Waals surface area contributed by atoms with Crippen molar-refractivity contribution in [3.8, 4) is 11.1 Å². The van der Waals surface area contributed by atoms with E-state index in [-0.39, 0.29) is 5.56 Å². The van der Waals surface area contributed by atoms with Crippen molar-refractivity contribution in [2.75, 3.05) is 31.1 Å². The fourth-order valence-corrected chi connectivity index (χ4v) is 4.28. The Morgan fingerprint density at radius 3 is 2.19 bits per heavy atom. The summed E-state index contributed by atoms with van der Waals surface area (Å²) in [6, 6.07) is 23.3. The topological polar surface area (TPSA) is 70.0 Å². The van der Waals surface area contributed by atoms with Crippen LogP contribution in [0.4, 0.5) is 5.69 Å². The van der Waals surface area contributed by atoms with Gasteiger partial charge in [-0.3, -0.25) is 9.69 Å². The second-order valence-electron chi connectivity index (χ2n) is 7.59. The molecule has 0 radical (unpaired) electrons. The number of halogens is 1. The molecule has 0 spiro atoms. The summed E-state index contributed by atoms with van der Waals surface area (Å²) >= 11 is 6.04. The van der Waals surface area contributed by atoms with Gasteiger partial charge in [-0.15, -0.1) is 0 Å². The Kier molecular flexibility index (Phi) is 6.99. The lowest BCUT2D eigenvalue weighted by Crippen LogP contribution is -2.46. The Balaban J connectivity index is 1.39. The maximum atomic E-state index is 11.7. The standard InChI is InChI=1S/C24H22ClN3O3S/c25-21-9-5-18(6-10-21)23-4-2-1-3-20(23)17-27-13-15-28(16-14-27)22-11-7-19(8-12-22)24(29)26-32(30)31/h1-12H,13-17H2. The minimum absolute atomic E-state index is 0.260. The van der Waals surface area contributed by atoms with Crippen molar-refractivity contribution < 1.29 is 13.2 Å². The van der Waals surface area contributed by atoms with E-state index in [0.29, 0.717) is 0 Å². The molecule has 0 bridgehead atoms. The Hall–Kier alpha value is -3.00. The third-order valence-electron chi connectivity index (χ3n) is 5.58. The highest BCUT2D eigenvalue weighted by atomic mass is 35.5. The van der Waals surface area contributed by atoms with Gasteiger partial charge in [0.2, 0.25) is 0 Å². The van der Waals surface area contributed by atoms with Crippen LogP contribution in [0.2, 0.25) is 5.02 Å². The summed E-state index contributed by atoms with van der Waals surface area (Å²) in [7, 11) is -2.74. The first-order valence-electron chi connectivity index (χ1n) is 10.3. The molecular weight excluding hydrogens is 446 g/mol. The number of nitrogens with zero attached hydrogens (tertiary/aromatic N) is 3. The van der Waals surface area contributed by atoms with Crippen LogP contribution in [0.3, 0.4) is 0 Å². The third kappa shape index (κ3) is 5.43. The van der Waals surface area contributed by atoms with Crippen LogP contribution in [-0.2, 0) is 17.0 Å². The number of benzene rings is 3. The van der Waals surface area contributed by atoms with Crippen LogP contribution in [0.25, 0.3) is 11.1 Å². The fourth-order valence-electron chi connectivity index (χ4n) is 3.91. The van der Waals surface area contributed by atoms with Crippen molar-refractivity contribution in [3.05, 3.63) is 88.9 Å². The predicted molar refractivity (Wildman–Crippen MR) is 126 cm³/mol. The minimum Gasteiger partial charge on any atom is -0.369 e. The van der Waals surface area contributed by atoms with Gasteiger partial charge in [-0.1, -0.05) is 52.4 Å². The van der Waals surface area contributed by atoms with Gasteiger partial charge in [-0.2, -0.15) is 8.42 Å². The summed E-state index contributed by atoms with van der Waals surface area (Å²) in [5.41, 5.74) is 4.93. The van der Waals surface area contributed by atoms with Crippen LogP contribution in [0.15, 0.2) is 77.2 Å². The van der Waals surface area contributed by atoms with E-state index in [9.17, 15) is 13.2 Å². The van der Waals surface area contributed by atoms with Crippen molar-refractivity contribution in [2.24, 2.45) is 4.36 Å². The molecule has 4 rings (SSSR count). The SMILES string of the molecule is O=C(N=S(=O)=O)c1ccc(N2CCN(Cc3ccccc3-c3ccc(Cl)cc3)CC2)cc1. The molecule has 1 fully saturated rings. The number of amides is 1. The maximum absolute atomic E-state index is 11.7. The Bertz CT molecular complexity index is 1230. The van der Waals surface area contributed by atoms with E-state index >= 15 is 0 Å². The molecule has 0 aliphatic carbocycles. The molecule has 0 atom stereocenters. The van der Waals surface area contributed by atoms with Gasteiger partial charge in [-0.05, 0) is 53.1 Å². The zero-order valence-electron chi connectivity index (χ0n) is 17.3. The molecule has 32 heavy (non-hydrogen) atoms. The normalized spacial score (nSPS) is 14.2. The van der Waals surface area contributed by atoms with Crippen LogP contribution >= 0.6 is 11.6 Å². The number of rotatable bonds is 5. The first kappa shape index (κ1) is 22.2. The number of piperazine rings is 1. The molecular formula is C24H22ClN3O3S. The average Bonchev–Trinajstić information content (AvgIpc) is 2.80. The lowest BCUT2D eigenvalue weighted by atomic mass is 9.99. The molecule has 3 aromatic rings. The largest absolute Gasteiger partial charge is 0.369 e. The zero-order chi connectivity index (χ0) is 22.5. The van der Waals surface area contributed by atoms with Crippen LogP contribution in [0.5, 0.6) is 0 Å². The van der Waals surface area contributed by atoms with Gasteiger partial charge in [-0.25, -0.2) is 0 Å². The first-order chi connectivity index (χ1) is 15.5. The highest BCUT2D eigenvalue weighted by Crippen LogP contribution is 2.27. The second kappa shape index (κ2) is 10.1. The van der Waals surface area contributed by atoms with E-state index in [1.165, 1.54) is 11.1 Å².